The molecule has 0 bridgehead atoms. The highest BCUT2D eigenvalue weighted by atomic mass is 16.3. The van der Waals surface area contributed by atoms with Crippen LogP contribution in [0.2, 0.25) is 0 Å². The van der Waals surface area contributed by atoms with Gasteiger partial charge in [-0.25, -0.2) is 0 Å². The lowest BCUT2D eigenvalue weighted by Gasteiger charge is -2.34. The van der Waals surface area contributed by atoms with Gasteiger partial charge in [-0.3, -0.25) is 0 Å². The fourth-order valence-corrected chi connectivity index (χ4v) is 10.5. The third-order valence-corrected chi connectivity index (χ3v) is 13.1. The van der Waals surface area contributed by atoms with Crippen LogP contribution in [0.4, 0.5) is 17.1 Å². The van der Waals surface area contributed by atoms with Crippen molar-refractivity contribution in [3.63, 3.8) is 0 Å². The van der Waals surface area contributed by atoms with E-state index in [-0.39, 0.29) is 0 Å². The maximum atomic E-state index is 6.60. The van der Waals surface area contributed by atoms with Crippen LogP contribution < -0.4 is 4.90 Å². The lowest BCUT2D eigenvalue weighted by atomic mass is 9.68. The van der Waals surface area contributed by atoms with Gasteiger partial charge in [0.25, 0.3) is 0 Å². The minimum atomic E-state index is -0.528. The number of rotatable bonds is 6. The van der Waals surface area contributed by atoms with Gasteiger partial charge in [-0.2, -0.15) is 0 Å². The number of furan rings is 2. The van der Waals surface area contributed by atoms with Gasteiger partial charge >= 0.3 is 0 Å². The Hall–Kier alpha value is -8.14. The molecule has 13 rings (SSSR count). The highest BCUT2D eigenvalue weighted by Gasteiger charge is 2.47. The van der Waals surface area contributed by atoms with Gasteiger partial charge in [-0.15, -0.1) is 0 Å². The molecule has 2 aromatic heterocycles. The fourth-order valence-electron chi connectivity index (χ4n) is 10.5. The summed E-state index contributed by atoms with van der Waals surface area (Å²) in [6.07, 6.45) is 0. The van der Waals surface area contributed by atoms with Crippen LogP contribution in [0.15, 0.2) is 233 Å². The minimum Gasteiger partial charge on any atom is -0.456 e. The molecule has 0 N–H and O–H groups in total. The van der Waals surface area contributed by atoms with Gasteiger partial charge < -0.3 is 13.7 Å². The molecule has 10 aromatic carbocycles. The number of hydrogen-bond acceptors (Lipinski definition) is 3. The second-order valence-electron chi connectivity index (χ2n) is 16.3. The molecule has 62 heavy (non-hydrogen) atoms. The summed E-state index contributed by atoms with van der Waals surface area (Å²) in [5.74, 6) is 0. The molecule has 12 aromatic rings. The molecule has 0 fully saturated rings. The maximum Gasteiger partial charge on any atom is 0.143 e. The van der Waals surface area contributed by atoms with Gasteiger partial charge in [0, 0.05) is 49.9 Å². The van der Waals surface area contributed by atoms with Crippen LogP contribution >= 0.6 is 0 Å². The average Bonchev–Trinajstić information content (AvgIpc) is 4.01. The zero-order chi connectivity index (χ0) is 40.8. The standard InChI is InChI=1S/C59H37NO2/c1-3-16-40(17-4-1)59(41-18-5-2-6-19-41)50-24-11-9-22-48(50)57-51(59)25-14-26-52(57)60(43-34-36-47-46-21-10-12-27-53(46)61-55(47)37-43)42-32-29-39(30-33-42)44-23-13-28-54-56(44)49-35-31-38-15-7-8-20-45(38)58(49)62-54/h1-37H. The Morgan fingerprint density at radius 1 is 0.371 bits per heavy atom. The van der Waals surface area contributed by atoms with E-state index >= 15 is 0 Å². The zero-order valence-electron chi connectivity index (χ0n) is 33.6. The van der Waals surface area contributed by atoms with Crippen molar-refractivity contribution < 1.29 is 8.83 Å². The highest BCUT2D eigenvalue weighted by Crippen LogP contribution is 2.59. The van der Waals surface area contributed by atoms with E-state index < -0.39 is 5.41 Å². The monoisotopic (exact) mass is 791 g/mol. The van der Waals surface area contributed by atoms with E-state index in [1.807, 2.05) is 12.1 Å². The van der Waals surface area contributed by atoms with Crippen LogP contribution in [0.1, 0.15) is 22.3 Å². The summed E-state index contributed by atoms with van der Waals surface area (Å²) in [6.45, 7) is 0. The first-order valence-corrected chi connectivity index (χ1v) is 21.2. The Balaban J connectivity index is 1.04. The summed E-state index contributed by atoms with van der Waals surface area (Å²) < 4.78 is 13.1. The molecule has 3 nitrogen and oxygen atoms in total. The maximum absolute atomic E-state index is 6.60. The summed E-state index contributed by atoms with van der Waals surface area (Å²) in [6, 6.07) is 81.0. The third kappa shape index (κ3) is 4.94. The smallest absolute Gasteiger partial charge is 0.143 e. The van der Waals surface area contributed by atoms with Crippen molar-refractivity contribution in [1.82, 2.24) is 0 Å². The minimum absolute atomic E-state index is 0.528. The molecule has 0 spiro atoms. The normalized spacial score (nSPS) is 13.0. The molecule has 3 heteroatoms. The largest absolute Gasteiger partial charge is 0.456 e. The van der Waals surface area contributed by atoms with E-state index in [2.05, 4.69) is 217 Å². The predicted molar refractivity (Wildman–Crippen MR) is 256 cm³/mol. The number of fused-ring (bicyclic) bond motifs is 11. The van der Waals surface area contributed by atoms with E-state index in [1.54, 1.807) is 0 Å². The van der Waals surface area contributed by atoms with Gasteiger partial charge in [0.05, 0.1) is 11.1 Å². The molecule has 0 radical (unpaired) electrons. The van der Waals surface area contributed by atoms with E-state index in [4.69, 9.17) is 8.83 Å². The van der Waals surface area contributed by atoms with Crippen molar-refractivity contribution in [2.75, 3.05) is 4.90 Å². The molecular formula is C59H37NO2. The lowest BCUT2D eigenvalue weighted by Crippen LogP contribution is -2.28. The summed E-state index contributed by atoms with van der Waals surface area (Å²) in [7, 11) is 0. The molecule has 0 saturated heterocycles. The van der Waals surface area contributed by atoms with Crippen molar-refractivity contribution in [3.8, 4) is 22.3 Å². The molecular weight excluding hydrogens is 755 g/mol. The molecule has 1 aliphatic carbocycles. The van der Waals surface area contributed by atoms with Crippen LogP contribution in [0.25, 0.3) is 76.9 Å². The predicted octanol–water partition coefficient (Wildman–Crippen LogP) is 16.1. The van der Waals surface area contributed by atoms with Crippen molar-refractivity contribution >= 4 is 71.7 Å². The van der Waals surface area contributed by atoms with Crippen LogP contribution in [-0.4, -0.2) is 0 Å². The van der Waals surface area contributed by atoms with Gasteiger partial charge in [0.1, 0.15) is 22.3 Å². The summed E-state index contributed by atoms with van der Waals surface area (Å²) in [5, 5.41) is 6.76. The number of anilines is 3. The number of hydrogen-bond donors (Lipinski definition) is 0. The summed E-state index contributed by atoms with van der Waals surface area (Å²) in [4.78, 5) is 2.41. The average molecular weight is 792 g/mol. The van der Waals surface area contributed by atoms with Gasteiger partial charge in [0.15, 0.2) is 0 Å². The Bertz CT molecular complexity index is 3650. The van der Waals surface area contributed by atoms with Crippen molar-refractivity contribution in [3.05, 3.63) is 247 Å². The first-order valence-electron chi connectivity index (χ1n) is 21.2. The Labute approximate surface area is 358 Å². The van der Waals surface area contributed by atoms with Crippen molar-refractivity contribution in [2.45, 2.75) is 5.41 Å². The van der Waals surface area contributed by atoms with E-state index in [1.165, 1.54) is 38.8 Å². The summed E-state index contributed by atoms with van der Waals surface area (Å²) >= 11 is 0. The quantitative estimate of drug-likeness (QED) is 0.168. The molecule has 0 amide bonds. The molecule has 0 saturated carbocycles. The molecule has 2 heterocycles. The Morgan fingerprint density at radius 3 is 1.81 bits per heavy atom. The van der Waals surface area contributed by atoms with Crippen LogP contribution in [0.5, 0.6) is 0 Å². The number of para-hydroxylation sites is 1. The molecule has 290 valence electrons. The summed E-state index contributed by atoms with van der Waals surface area (Å²) in [5.41, 5.74) is 15.9. The SMILES string of the molecule is c1ccc(C2(c3ccccc3)c3ccccc3-c3c(N(c4ccc(-c5cccc6oc7c8ccccc8ccc7c56)cc4)c4ccc5c(c4)oc4ccccc45)cccc32)cc1. The van der Waals surface area contributed by atoms with Gasteiger partial charge in [-0.05, 0) is 92.9 Å². The van der Waals surface area contributed by atoms with E-state index in [0.29, 0.717) is 0 Å². The van der Waals surface area contributed by atoms with Crippen LogP contribution in [-0.2, 0) is 5.41 Å². The third-order valence-electron chi connectivity index (χ3n) is 13.1. The molecule has 0 unspecified atom stereocenters. The Morgan fingerprint density at radius 2 is 0.984 bits per heavy atom. The second-order valence-corrected chi connectivity index (χ2v) is 16.3. The molecule has 1 aliphatic rings. The Kier molecular flexibility index (Phi) is 7.52. The first-order chi connectivity index (χ1) is 30.8. The number of nitrogens with zero attached hydrogens (tertiary/aromatic N) is 1. The lowest BCUT2D eigenvalue weighted by molar-refractivity contribution is 0.669. The van der Waals surface area contributed by atoms with Crippen LogP contribution in [0, 0.1) is 0 Å². The number of benzene rings is 10. The van der Waals surface area contributed by atoms with Gasteiger partial charge in [-0.1, -0.05) is 170 Å². The first kappa shape index (κ1) is 34.7. The fraction of sp³-hybridized carbons (Fsp3) is 0.0169. The van der Waals surface area contributed by atoms with E-state index in [0.717, 1.165) is 77.5 Å². The second kappa shape index (κ2) is 13.4. The highest BCUT2D eigenvalue weighted by molar-refractivity contribution is 6.19. The van der Waals surface area contributed by atoms with Crippen molar-refractivity contribution in [1.29, 1.82) is 0 Å². The topological polar surface area (TPSA) is 29.5 Å². The van der Waals surface area contributed by atoms with Crippen LogP contribution in [0.3, 0.4) is 0 Å². The van der Waals surface area contributed by atoms with E-state index in [9.17, 15) is 0 Å². The molecule has 0 atom stereocenters. The van der Waals surface area contributed by atoms with Gasteiger partial charge in [0.2, 0.25) is 0 Å². The molecule has 0 aliphatic heterocycles. The van der Waals surface area contributed by atoms with Crippen molar-refractivity contribution in [2.24, 2.45) is 0 Å². The zero-order valence-corrected chi connectivity index (χ0v) is 33.6.